The Bertz CT molecular complexity index is 628. The van der Waals surface area contributed by atoms with Crippen LogP contribution in [0.15, 0.2) is 36.4 Å². The number of ether oxygens (including phenoxy) is 1. The maximum atomic E-state index is 6.27. The number of likely N-dealkylation sites (N-methyl/N-ethyl adjacent to an activating group) is 1. The van der Waals surface area contributed by atoms with Gasteiger partial charge < -0.3 is 10.1 Å². The van der Waals surface area contributed by atoms with Crippen LogP contribution >= 0.6 is 23.2 Å². The van der Waals surface area contributed by atoms with Gasteiger partial charge in [0.1, 0.15) is 5.75 Å². The zero-order valence-corrected chi connectivity index (χ0v) is 13.9. The summed E-state index contributed by atoms with van der Waals surface area (Å²) in [5.41, 5.74) is 3.51. The third-order valence-corrected chi connectivity index (χ3v) is 4.23. The Morgan fingerprint density at radius 2 is 1.90 bits per heavy atom. The van der Waals surface area contributed by atoms with Gasteiger partial charge in [-0.1, -0.05) is 35.3 Å². The fourth-order valence-corrected chi connectivity index (χ4v) is 2.93. The number of nitrogens with one attached hydrogen (secondary N) is 1. The van der Waals surface area contributed by atoms with Crippen molar-refractivity contribution in [2.75, 3.05) is 14.2 Å². The molecule has 0 heterocycles. The van der Waals surface area contributed by atoms with E-state index in [0.29, 0.717) is 10.0 Å². The topological polar surface area (TPSA) is 21.3 Å². The molecule has 21 heavy (non-hydrogen) atoms. The molecule has 0 radical (unpaired) electrons. The van der Waals surface area contributed by atoms with Gasteiger partial charge in [0.2, 0.25) is 0 Å². The lowest BCUT2D eigenvalue weighted by Gasteiger charge is -2.20. The van der Waals surface area contributed by atoms with Crippen molar-refractivity contribution in [1.82, 2.24) is 5.32 Å². The third kappa shape index (κ3) is 3.91. The Balaban J connectivity index is 2.27. The summed E-state index contributed by atoms with van der Waals surface area (Å²) >= 11 is 12.2. The molecule has 0 bridgehead atoms. The zero-order chi connectivity index (χ0) is 15.4. The molecule has 1 atom stereocenters. The SMILES string of the molecule is CNC(Cc1ccc(Cl)cc1Cl)c1ccc(OC)cc1C. The first-order chi connectivity index (χ1) is 10.0. The summed E-state index contributed by atoms with van der Waals surface area (Å²) < 4.78 is 5.26. The second-order valence-corrected chi connectivity index (χ2v) is 5.85. The number of methoxy groups -OCH3 is 1. The lowest BCUT2D eigenvalue weighted by molar-refractivity contribution is 0.414. The summed E-state index contributed by atoms with van der Waals surface area (Å²) in [5, 5.41) is 4.71. The maximum Gasteiger partial charge on any atom is 0.119 e. The van der Waals surface area contributed by atoms with Crippen LogP contribution in [0.25, 0.3) is 0 Å². The molecule has 0 saturated heterocycles. The van der Waals surface area contributed by atoms with E-state index < -0.39 is 0 Å². The van der Waals surface area contributed by atoms with Gasteiger partial charge in [-0.05, 0) is 61.3 Å². The Morgan fingerprint density at radius 1 is 1.14 bits per heavy atom. The molecule has 2 aromatic rings. The Hall–Kier alpha value is -1.22. The molecule has 112 valence electrons. The fraction of sp³-hybridized carbons (Fsp3) is 0.294. The van der Waals surface area contributed by atoms with E-state index in [4.69, 9.17) is 27.9 Å². The summed E-state index contributed by atoms with van der Waals surface area (Å²) in [6.07, 6.45) is 0.805. The van der Waals surface area contributed by atoms with E-state index in [1.54, 1.807) is 13.2 Å². The molecule has 0 aromatic heterocycles. The van der Waals surface area contributed by atoms with Crippen LogP contribution in [0.3, 0.4) is 0 Å². The Morgan fingerprint density at radius 3 is 2.48 bits per heavy atom. The van der Waals surface area contributed by atoms with Gasteiger partial charge in [0.25, 0.3) is 0 Å². The molecule has 1 N–H and O–H groups in total. The van der Waals surface area contributed by atoms with Gasteiger partial charge in [0.15, 0.2) is 0 Å². The standard InChI is InChI=1S/C17H19Cl2NO/c1-11-8-14(21-3)6-7-15(11)17(20-2)9-12-4-5-13(18)10-16(12)19/h4-8,10,17,20H,9H2,1-3H3. The monoisotopic (exact) mass is 323 g/mol. The average molecular weight is 324 g/mol. The van der Waals surface area contributed by atoms with Crippen molar-refractivity contribution in [3.8, 4) is 5.75 Å². The quantitative estimate of drug-likeness (QED) is 0.852. The number of benzene rings is 2. The molecular formula is C17H19Cl2NO. The van der Waals surface area contributed by atoms with Gasteiger partial charge in [-0.15, -0.1) is 0 Å². The van der Waals surface area contributed by atoms with Crippen LogP contribution in [0.2, 0.25) is 10.0 Å². The molecule has 0 aliphatic heterocycles. The second-order valence-electron chi connectivity index (χ2n) is 5.00. The van der Waals surface area contributed by atoms with Gasteiger partial charge >= 0.3 is 0 Å². The highest BCUT2D eigenvalue weighted by Gasteiger charge is 2.15. The predicted octanol–water partition coefficient (Wildman–Crippen LogP) is 4.81. The summed E-state index contributed by atoms with van der Waals surface area (Å²) in [4.78, 5) is 0. The van der Waals surface area contributed by atoms with E-state index in [1.807, 2.05) is 31.3 Å². The number of aryl methyl sites for hydroxylation is 1. The third-order valence-electron chi connectivity index (χ3n) is 3.64. The Kier molecular flexibility index (Phi) is 5.51. The first kappa shape index (κ1) is 16.2. The fourth-order valence-electron chi connectivity index (χ4n) is 2.44. The minimum atomic E-state index is 0.189. The van der Waals surface area contributed by atoms with E-state index >= 15 is 0 Å². The summed E-state index contributed by atoms with van der Waals surface area (Å²) in [6.45, 7) is 2.09. The van der Waals surface area contributed by atoms with E-state index in [1.165, 1.54) is 11.1 Å². The average Bonchev–Trinajstić information content (AvgIpc) is 2.47. The Labute approximate surface area is 136 Å². The van der Waals surface area contributed by atoms with E-state index in [0.717, 1.165) is 17.7 Å². The molecule has 4 heteroatoms. The minimum absolute atomic E-state index is 0.189. The first-order valence-corrected chi connectivity index (χ1v) is 7.56. The largest absolute Gasteiger partial charge is 0.497 e. The number of hydrogen-bond donors (Lipinski definition) is 1. The molecule has 0 spiro atoms. The van der Waals surface area contributed by atoms with Gasteiger partial charge in [-0.25, -0.2) is 0 Å². The lowest BCUT2D eigenvalue weighted by atomic mass is 9.95. The van der Waals surface area contributed by atoms with Crippen molar-refractivity contribution in [2.45, 2.75) is 19.4 Å². The number of halogens is 2. The van der Waals surface area contributed by atoms with Crippen LogP contribution in [0.5, 0.6) is 5.75 Å². The van der Waals surface area contributed by atoms with Crippen molar-refractivity contribution < 1.29 is 4.74 Å². The van der Waals surface area contributed by atoms with Crippen LogP contribution in [-0.2, 0) is 6.42 Å². The minimum Gasteiger partial charge on any atom is -0.497 e. The molecule has 0 aliphatic rings. The van der Waals surface area contributed by atoms with E-state index in [9.17, 15) is 0 Å². The van der Waals surface area contributed by atoms with Crippen LogP contribution in [0, 0.1) is 6.92 Å². The highest BCUT2D eigenvalue weighted by molar-refractivity contribution is 6.35. The van der Waals surface area contributed by atoms with Gasteiger partial charge in [0.05, 0.1) is 7.11 Å². The predicted molar refractivity (Wildman–Crippen MR) is 89.7 cm³/mol. The van der Waals surface area contributed by atoms with Gasteiger partial charge in [-0.2, -0.15) is 0 Å². The zero-order valence-electron chi connectivity index (χ0n) is 12.4. The van der Waals surface area contributed by atoms with Crippen molar-refractivity contribution in [3.05, 3.63) is 63.1 Å². The molecule has 2 nitrogen and oxygen atoms in total. The first-order valence-electron chi connectivity index (χ1n) is 6.81. The smallest absolute Gasteiger partial charge is 0.119 e. The van der Waals surface area contributed by atoms with Crippen molar-refractivity contribution >= 4 is 23.2 Å². The molecule has 2 aromatic carbocycles. The lowest BCUT2D eigenvalue weighted by Crippen LogP contribution is -2.20. The highest BCUT2D eigenvalue weighted by atomic mass is 35.5. The highest BCUT2D eigenvalue weighted by Crippen LogP contribution is 2.28. The summed E-state index contributed by atoms with van der Waals surface area (Å²) in [6, 6.07) is 11.9. The maximum absolute atomic E-state index is 6.27. The van der Waals surface area contributed by atoms with Crippen molar-refractivity contribution in [1.29, 1.82) is 0 Å². The van der Waals surface area contributed by atoms with Crippen LogP contribution in [0.4, 0.5) is 0 Å². The normalized spacial score (nSPS) is 12.2. The molecular weight excluding hydrogens is 305 g/mol. The van der Waals surface area contributed by atoms with Gasteiger partial charge in [0, 0.05) is 16.1 Å². The van der Waals surface area contributed by atoms with E-state index in [2.05, 4.69) is 18.3 Å². The number of hydrogen-bond acceptors (Lipinski definition) is 2. The second kappa shape index (κ2) is 7.17. The van der Waals surface area contributed by atoms with Crippen LogP contribution in [-0.4, -0.2) is 14.2 Å². The molecule has 0 aliphatic carbocycles. The van der Waals surface area contributed by atoms with Crippen molar-refractivity contribution in [3.63, 3.8) is 0 Å². The number of rotatable bonds is 5. The van der Waals surface area contributed by atoms with Crippen molar-refractivity contribution in [2.24, 2.45) is 0 Å². The summed E-state index contributed by atoms with van der Waals surface area (Å²) in [7, 11) is 3.63. The molecule has 0 amide bonds. The molecule has 0 saturated carbocycles. The molecule has 0 fully saturated rings. The summed E-state index contributed by atoms with van der Waals surface area (Å²) in [5.74, 6) is 0.871. The van der Waals surface area contributed by atoms with E-state index in [-0.39, 0.29) is 6.04 Å². The van der Waals surface area contributed by atoms with Crippen LogP contribution in [0.1, 0.15) is 22.7 Å². The van der Waals surface area contributed by atoms with Crippen LogP contribution < -0.4 is 10.1 Å². The molecule has 2 rings (SSSR count). The van der Waals surface area contributed by atoms with Gasteiger partial charge in [-0.3, -0.25) is 0 Å². The molecule has 1 unspecified atom stereocenters.